The Morgan fingerprint density at radius 2 is 2.10 bits per heavy atom. The Kier molecular flexibility index (Phi) is 4.02. The number of carbonyl (C=O) groups is 1. The molecule has 2 aromatic rings. The lowest BCUT2D eigenvalue weighted by atomic mass is 10.1. The van der Waals surface area contributed by atoms with Crippen LogP contribution in [0.25, 0.3) is 0 Å². The summed E-state index contributed by atoms with van der Waals surface area (Å²) in [6, 6.07) is 13.9. The van der Waals surface area contributed by atoms with Crippen LogP contribution in [0.15, 0.2) is 42.5 Å². The second-order valence-electron chi connectivity index (χ2n) is 4.50. The molecule has 2 N–H and O–H groups in total. The van der Waals surface area contributed by atoms with Crippen LogP contribution in [0, 0.1) is 18.3 Å². The van der Waals surface area contributed by atoms with Gasteiger partial charge in [-0.1, -0.05) is 18.2 Å². The van der Waals surface area contributed by atoms with E-state index in [1.165, 1.54) is 6.07 Å². The average Bonchev–Trinajstić information content (AvgIpc) is 2.47. The summed E-state index contributed by atoms with van der Waals surface area (Å²) in [4.78, 5) is 11.9. The molecule has 0 heterocycles. The molecular formula is C16H14N2O2. The van der Waals surface area contributed by atoms with Crippen LogP contribution in [-0.2, 0) is 6.54 Å². The largest absolute Gasteiger partial charge is 0.508 e. The summed E-state index contributed by atoms with van der Waals surface area (Å²) in [5.41, 5.74) is 2.55. The van der Waals surface area contributed by atoms with Gasteiger partial charge in [0, 0.05) is 12.1 Å². The summed E-state index contributed by atoms with van der Waals surface area (Å²) in [5.74, 6) is -0.160. The lowest BCUT2D eigenvalue weighted by Crippen LogP contribution is -2.22. The minimum Gasteiger partial charge on any atom is -0.508 e. The van der Waals surface area contributed by atoms with Crippen LogP contribution in [0.2, 0.25) is 0 Å². The number of benzene rings is 2. The second-order valence-corrected chi connectivity index (χ2v) is 4.50. The molecule has 0 saturated carbocycles. The zero-order chi connectivity index (χ0) is 14.5. The van der Waals surface area contributed by atoms with Crippen LogP contribution in [0.5, 0.6) is 5.75 Å². The topological polar surface area (TPSA) is 73.1 Å². The molecule has 0 fully saturated rings. The minimum absolute atomic E-state index is 0.101. The van der Waals surface area contributed by atoms with Gasteiger partial charge in [0.25, 0.3) is 5.91 Å². The maximum Gasteiger partial charge on any atom is 0.251 e. The highest BCUT2D eigenvalue weighted by Crippen LogP contribution is 2.17. The molecule has 4 nitrogen and oxygen atoms in total. The van der Waals surface area contributed by atoms with E-state index in [1.54, 1.807) is 37.3 Å². The van der Waals surface area contributed by atoms with Crippen LogP contribution in [0.3, 0.4) is 0 Å². The van der Waals surface area contributed by atoms with Crippen LogP contribution in [0.4, 0.5) is 0 Å². The fourth-order valence-corrected chi connectivity index (χ4v) is 1.79. The van der Waals surface area contributed by atoms with Gasteiger partial charge in [0.1, 0.15) is 5.75 Å². The quantitative estimate of drug-likeness (QED) is 0.896. The molecule has 2 aromatic carbocycles. The molecular weight excluding hydrogens is 252 g/mol. The number of nitriles is 1. The molecule has 0 radical (unpaired) electrons. The second kappa shape index (κ2) is 5.89. The van der Waals surface area contributed by atoms with E-state index in [4.69, 9.17) is 5.26 Å². The van der Waals surface area contributed by atoms with Crippen LogP contribution >= 0.6 is 0 Å². The van der Waals surface area contributed by atoms with E-state index in [2.05, 4.69) is 11.4 Å². The van der Waals surface area contributed by atoms with E-state index >= 15 is 0 Å². The summed E-state index contributed by atoms with van der Waals surface area (Å²) >= 11 is 0. The van der Waals surface area contributed by atoms with Gasteiger partial charge in [-0.3, -0.25) is 4.79 Å². The van der Waals surface area contributed by atoms with Gasteiger partial charge in [0.05, 0.1) is 11.6 Å². The number of amides is 1. The van der Waals surface area contributed by atoms with Gasteiger partial charge in [-0.25, -0.2) is 0 Å². The first-order valence-electron chi connectivity index (χ1n) is 6.17. The molecule has 0 aliphatic rings. The Labute approximate surface area is 117 Å². The van der Waals surface area contributed by atoms with Crippen LogP contribution < -0.4 is 5.32 Å². The zero-order valence-electron chi connectivity index (χ0n) is 11.1. The highest BCUT2D eigenvalue weighted by Gasteiger charge is 2.07. The van der Waals surface area contributed by atoms with Crippen LogP contribution in [-0.4, -0.2) is 11.0 Å². The Bertz CT molecular complexity index is 687. The van der Waals surface area contributed by atoms with E-state index in [1.807, 2.05) is 6.07 Å². The fraction of sp³-hybridized carbons (Fsp3) is 0.125. The Hall–Kier alpha value is -2.80. The number of phenolic OH excluding ortho intramolecular Hbond substituents is 1. The van der Waals surface area contributed by atoms with Crippen molar-refractivity contribution in [2.24, 2.45) is 0 Å². The summed E-state index contributed by atoms with van der Waals surface area (Å²) in [5, 5.41) is 21.1. The Morgan fingerprint density at radius 3 is 2.80 bits per heavy atom. The summed E-state index contributed by atoms with van der Waals surface area (Å²) in [6.45, 7) is 2.10. The first-order valence-corrected chi connectivity index (χ1v) is 6.17. The van der Waals surface area contributed by atoms with Crippen LogP contribution in [0.1, 0.15) is 27.0 Å². The summed E-state index contributed by atoms with van der Waals surface area (Å²) in [6.07, 6.45) is 0. The van der Waals surface area contributed by atoms with E-state index in [-0.39, 0.29) is 11.7 Å². The minimum atomic E-state index is -0.261. The van der Waals surface area contributed by atoms with E-state index < -0.39 is 0 Å². The summed E-state index contributed by atoms with van der Waals surface area (Å²) < 4.78 is 0. The fourth-order valence-electron chi connectivity index (χ4n) is 1.79. The van der Waals surface area contributed by atoms with Crippen molar-refractivity contribution in [2.75, 3.05) is 0 Å². The molecule has 0 aromatic heterocycles. The van der Waals surface area contributed by atoms with Crippen molar-refractivity contribution in [1.29, 1.82) is 5.26 Å². The third kappa shape index (κ3) is 3.15. The molecule has 4 heteroatoms. The van der Waals surface area contributed by atoms with Gasteiger partial charge in [-0.05, 0) is 42.3 Å². The first-order chi connectivity index (χ1) is 9.60. The smallest absolute Gasteiger partial charge is 0.251 e. The molecule has 20 heavy (non-hydrogen) atoms. The third-order valence-corrected chi connectivity index (χ3v) is 2.98. The first kappa shape index (κ1) is 13.6. The molecule has 0 saturated heterocycles. The van der Waals surface area contributed by atoms with Crippen molar-refractivity contribution in [3.63, 3.8) is 0 Å². The number of aromatic hydroxyl groups is 1. The van der Waals surface area contributed by atoms with E-state index in [9.17, 15) is 9.90 Å². The lowest BCUT2D eigenvalue weighted by molar-refractivity contribution is 0.0950. The molecule has 0 aliphatic heterocycles. The van der Waals surface area contributed by atoms with E-state index in [0.29, 0.717) is 17.7 Å². The van der Waals surface area contributed by atoms with Gasteiger partial charge in [0.2, 0.25) is 0 Å². The van der Waals surface area contributed by atoms with Gasteiger partial charge in [-0.15, -0.1) is 0 Å². The molecule has 0 atom stereocenters. The number of carbonyl (C=O) groups excluding carboxylic acids is 1. The van der Waals surface area contributed by atoms with Crippen molar-refractivity contribution < 1.29 is 9.90 Å². The highest BCUT2D eigenvalue weighted by atomic mass is 16.3. The Morgan fingerprint density at radius 1 is 1.30 bits per heavy atom. The maximum absolute atomic E-state index is 11.9. The predicted molar refractivity (Wildman–Crippen MR) is 75.2 cm³/mol. The molecule has 2 rings (SSSR count). The maximum atomic E-state index is 11.9. The third-order valence-electron chi connectivity index (χ3n) is 2.98. The SMILES string of the molecule is Cc1ccc(C(=O)NCc2cccc(C#N)c2)cc1O. The van der Waals surface area contributed by atoms with Crippen molar-refractivity contribution in [2.45, 2.75) is 13.5 Å². The zero-order valence-corrected chi connectivity index (χ0v) is 11.1. The number of hydrogen-bond acceptors (Lipinski definition) is 3. The number of phenols is 1. The standard InChI is InChI=1S/C16H14N2O2/c1-11-5-6-14(8-15(11)19)16(20)18-10-13-4-2-3-12(7-13)9-17/h2-8,19H,10H2,1H3,(H,18,20). The lowest BCUT2D eigenvalue weighted by Gasteiger charge is -2.07. The van der Waals surface area contributed by atoms with Gasteiger partial charge in [-0.2, -0.15) is 5.26 Å². The monoisotopic (exact) mass is 266 g/mol. The van der Waals surface area contributed by atoms with Gasteiger partial charge < -0.3 is 10.4 Å². The van der Waals surface area contributed by atoms with Crippen molar-refractivity contribution in [3.05, 3.63) is 64.7 Å². The molecule has 0 aliphatic carbocycles. The number of nitrogens with one attached hydrogen (secondary N) is 1. The van der Waals surface area contributed by atoms with Crippen molar-refractivity contribution >= 4 is 5.91 Å². The summed E-state index contributed by atoms with van der Waals surface area (Å²) in [7, 11) is 0. The number of hydrogen-bond donors (Lipinski definition) is 2. The van der Waals surface area contributed by atoms with Crippen molar-refractivity contribution in [1.82, 2.24) is 5.32 Å². The number of nitrogens with zero attached hydrogens (tertiary/aromatic N) is 1. The molecule has 1 amide bonds. The normalized spacial score (nSPS) is 9.80. The molecule has 0 spiro atoms. The van der Waals surface area contributed by atoms with Gasteiger partial charge >= 0.3 is 0 Å². The molecule has 0 bridgehead atoms. The molecule has 0 unspecified atom stereocenters. The average molecular weight is 266 g/mol. The van der Waals surface area contributed by atoms with Gasteiger partial charge in [0.15, 0.2) is 0 Å². The van der Waals surface area contributed by atoms with Crippen molar-refractivity contribution in [3.8, 4) is 11.8 Å². The Balaban J connectivity index is 2.05. The predicted octanol–water partition coefficient (Wildman–Crippen LogP) is 2.50. The highest BCUT2D eigenvalue weighted by molar-refractivity contribution is 5.94. The number of rotatable bonds is 3. The molecule has 100 valence electrons. The van der Waals surface area contributed by atoms with E-state index in [0.717, 1.165) is 11.1 Å². The number of aryl methyl sites for hydroxylation is 1.